The van der Waals surface area contributed by atoms with E-state index in [-0.39, 0.29) is 36.6 Å². The van der Waals surface area contributed by atoms with Crippen molar-refractivity contribution in [2.75, 3.05) is 13.7 Å². The van der Waals surface area contributed by atoms with Crippen molar-refractivity contribution >= 4 is 35.7 Å². The summed E-state index contributed by atoms with van der Waals surface area (Å²) in [6.07, 6.45) is 0.456. The van der Waals surface area contributed by atoms with Crippen LogP contribution in [-0.2, 0) is 14.3 Å². The Morgan fingerprint density at radius 3 is 2.59 bits per heavy atom. The Morgan fingerprint density at radius 1 is 1.16 bits per heavy atom. The lowest BCUT2D eigenvalue weighted by atomic mass is 9.85. The molecular weight excluding hydrogens is 569 g/mol. The number of amides is 3. The van der Waals surface area contributed by atoms with Crippen molar-refractivity contribution in [1.29, 1.82) is 0 Å². The van der Waals surface area contributed by atoms with Gasteiger partial charge >= 0.3 is 6.09 Å². The Balaban J connectivity index is 1.58. The first kappa shape index (κ1) is 31.6. The second-order valence-electron chi connectivity index (χ2n) is 13.1. The Morgan fingerprint density at radius 2 is 1.91 bits per heavy atom. The maximum absolute atomic E-state index is 15.9. The van der Waals surface area contributed by atoms with Crippen LogP contribution in [0.5, 0.6) is 11.6 Å². The largest absolute Gasteiger partial charge is 0.497 e. The summed E-state index contributed by atoms with van der Waals surface area (Å²) in [6, 6.07) is 3.17. The number of benzene rings is 1. The molecule has 3 amide bonds. The van der Waals surface area contributed by atoms with Gasteiger partial charge in [0.2, 0.25) is 11.8 Å². The number of nitrogens with zero attached hydrogens (tertiary/aromatic N) is 4. The molecule has 7 atom stereocenters. The van der Waals surface area contributed by atoms with E-state index in [4.69, 9.17) is 14.2 Å². The molecule has 3 heterocycles. The van der Waals surface area contributed by atoms with Crippen LogP contribution in [0.3, 0.4) is 0 Å². The summed E-state index contributed by atoms with van der Waals surface area (Å²) < 4.78 is 33.4. The van der Waals surface area contributed by atoms with Gasteiger partial charge < -0.3 is 24.4 Å². The van der Waals surface area contributed by atoms with Crippen molar-refractivity contribution in [3.05, 3.63) is 23.9 Å². The molecular formula is C32H42FN5O6. The predicted molar refractivity (Wildman–Crippen MR) is 161 cm³/mol. The van der Waals surface area contributed by atoms with E-state index in [1.165, 1.54) is 4.90 Å². The van der Waals surface area contributed by atoms with Gasteiger partial charge in [0.25, 0.3) is 5.91 Å². The van der Waals surface area contributed by atoms with Gasteiger partial charge in [0.05, 0.1) is 24.7 Å². The first-order chi connectivity index (χ1) is 20.9. The highest BCUT2D eigenvalue weighted by molar-refractivity contribution is 5.94. The van der Waals surface area contributed by atoms with Crippen LogP contribution >= 0.6 is 0 Å². The van der Waals surface area contributed by atoms with Gasteiger partial charge in [0.15, 0.2) is 0 Å². The summed E-state index contributed by atoms with van der Waals surface area (Å²) >= 11 is 0. The number of fused-ring (bicyclic) bond motifs is 5. The van der Waals surface area contributed by atoms with E-state index in [9.17, 15) is 14.4 Å². The van der Waals surface area contributed by atoms with Crippen molar-refractivity contribution in [2.24, 2.45) is 22.2 Å². The van der Waals surface area contributed by atoms with Crippen LogP contribution < -0.4 is 14.8 Å². The quantitative estimate of drug-likeness (QED) is 0.482. The number of halogens is 1. The summed E-state index contributed by atoms with van der Waals surface area (Å²) in [5.74, 6) is -0.781. The molecule has 2 aromatic rings. The summed E-state index contributed by atoms with van der Waals surface area (Å²) in [5, 5.41) is 2.78. The van der Waals surface area contributed by atoms with Crippen molar-refractivity contribution in [3.8, 4) is 11.6 Å². The molecule has 7 unspecified atom stereocenters. The SMILES string of the molecule is C=NC(=O)C1C(CC)C2CN1C(=O)C(C(C)(C)C)NC(=O)OC1CC1CCCCC(F)c1nc3ccc(OC)cc3nc1O2. The molecule has 2 bridgehead atoms. The molecule has 5 rings (SSSR count). The lowest BCUT2D eigenvalue weighted by molar-refractivity contribution is -0.141. The van der Waals surface area contributed by atoms with Crippen LogP contribution in [-0.4, -0.2) is 77.4 Å². The normalized spacial score (nSPS) is 29.7. The van der Waals surface area contributed by atoms with Gasteiger partial charge in [-0.15, -0.1) is 0 Å². The Kier molecular flexibility index (Phi) is 9.08. The second kappa shape index (κ2) is 12.6. The average molecular weight is 612 g/mol. The molecule has 1 aromatic heterocycles. The Labute approximate surface area is 256 Å². The van der Waals surface area contributed by atoms with E-state index < -0.39 is 53.6 Å². The maximum atomic E-state index is 15.9. The monoisotopic (exact) mass is 611 g/mol. The minimum Gasteiger partial charge on any atom is -0.497 e. The zero-order chi connectivity index (χ0) is 31.8. The Bertz CT molecular complexity index is 1430. The number of hydrogen-bond acceptors (Lipinski definition) is 8. The molecule has 3 aliphatic rings. The summed E-state index contributed by atoms with van der Waals surface area (Å²) in [7, 11) is 1.54. The molecule has 1 N–H and O–H groups in total. The number of aliphatic imine (C=N–C) groups is 1. The van der Waals surface area contributed by atoms with Crippen molar-refractivity contribution < 1.29 is 33.0 Å². The Hall–Kier alpha value is -3.83. The van der Waals surface area contributed by atoms with Gasteiger partial charge in [-0.05, 0) is 55.9 Å². The maximum Gasteiger partial charge on any atom is 0.408 e. The van der Waals surface area contributed by atoms with E-state index >= 15 is 4.39 Å². The molecule has 238 valence electrons. The van der Waals surface area contributed by atoms with Crippen LogP contribution in [0.1, 0.15) is 78.1 Å². The van der Waals surface area contributed by atoms with Gasteiger partial charge in [0.1, 0.15) is 41.9 Å². The molecule has 2 fully saturated rings. The fourth-order valence-corrected chi connectivity index (χ4v) is 6.36. The molecule has 2 aliphatic heterocycles. The lowest BCUT2D eigenvalue weighted by Gasteiger charge is -2.35. The second-order valence-corrected chi connectivity index (χ2v) is 13.1. The molecule has 0 spiro atoms. The van der Waals surface area contributed by atoms with Crippen LogP contribution in [0.4, 0.5) is 9.18 Å². The number of carbonyl (C=O) groups excluding carboxylic acids is 3. The molecule has 1 saturated heterocycles. The van der Waals surface area contributed by atoms with Crippen LogP contribution in [0.2, 0.25) is 0 Å². The third-order valence-electron chi connectivity index (χ3n) is 8.96. The average Bonchev–Trinajstić information content (AvgIpc) is 3.62. The topological polar surface area (TPSA) is 132 Å². The number of rotatable bonds is 3. The van der Waals surface area contributed by atoms with E-state index in [1.54, 1.807) is 25.3 Å². The standard InChI is InChI=1S/C32H42FN5O6/c1-7-19-24-16-38(26(19)28(39)34-5)30(40)27(32(2,3)4)37-31(41)44-23-14-17(23)10-8-9-11-20(33)25-29(43-24)36-22-15-18(42-6)12-13-21(22)35-25/h12-13,15,17,19-20,23-24,26-27H,5,7-11,14,16H2,1-4,6H3,(H,37,41). The van der Waals surface area contributed by atoms with E-state index in [0.29, 0.717) is 29.6 Å². The van der Waals surface area contributed by atoms with Gasteiger partial charge in [-0.1, -0.05) is 40.5 Å². The highest BCUT2D eigenvalue weighted by atomic mass is 19.1. The number of methoxy groups -OCH3 is 1. The fraction of sp³-hybridized carbons (Fsp3) is 0.625. The van der Waals surface area contributed by atoms with Crippen LogP contribution in [0, 0.1) is 17.3 Å². The number of alkyl halides is 1. The zero-order valence-electron chi connectivity index (χ0n) is 26.0. The van der Waals surface area contributed by atoms with Gasteiger partial charge in [-0.2, -0.15) is 0 Å². The van der Waals surface area contributed by atoms with E-state index in [2.05, 4.69) is 27.0 Å². The molecule has 1 aliphatic carbocycles. The number of aromatic nitrogens is 2. The molecule has 12 heteroatoms. The van der Waals surface area contributed by atoms with E-state index in [0.717, 1.165) is 19.3 Å². The smallest absolute Gasteiger partial charge is 0.408 e. The first-order valence-corrected chi connectivity index (χ1v) is 15.4. The van der Waals surface area contributed by atoms with Crippen molar-refractivity contribution in [2.45, 2.75) is 96.7 Å². The fourth-order valence-electron chi connectivity index (χ4n) is 6.36. The van der Waals surface area contributed by atoms with Gasteiger partial charge in [-0.3, -0.25) is 9.59 Å². The molecule has 1 aromatic carbocycles. The highest BCUT2D eigenvalue weighted by Crippen LogP contribution is 2.41. The minimum absolute atomic E-state index is 0.00844. The predicted octanol–water partition coefficient (Wildman–Crippen LogP) is 4.96. The third-order valence-corrected chi connectivity index (χ3v) is 8.96. The first-order valence-electron chi connectivity index (χ1n) is 15.4. The van der Waals surface area contributed by atoms with Crippen LogP contribution in [0.15, 0.2) is 23.2 Å². The summed E-state index contributed by atoms with van der Waals surface area (Å²) in [6.45, 7) is 10.8. The summed E-state index contributed by atoms with van der Waals surface area (Å²) in [5.41, 5.74) is 0.333. The van der Waals surface area contributed by atoms with Gasteiger partial charge in [-0.25, -0.2) is 24.1 Å². The zero-order valence-corrected chi connectivity index (χ0v) is 26.0. The van der Waals surface area contributed by atoms with Crippen LogP contribution in [0.25, 0.3) is 11.0 Å². The molecule has 11 nitrogen and oxygen atoms in total. The number of carbonyl (C=O) groups is 3. The number of nitrogens with one attached hydrogen (secondary N) is 1. The highest BCUT2D eigenvalue weighted by Gasteiger charge is 2.51. The minimum atomic E-state index is -1.45. The number of alkyl carbamates (subject to hydrolysis) is 1. The van der Waals surface area contributed by atoms with Crippen molar-refractivity contribution in [1.82, 2.24) is 20.2 Å². The van der Waals surface area contributed by atoms with Gasteiger partial charge in [0, 0.05) is 12.0 Å². The van der Waals surface area contributed by atoms with Crippen molar-refractivity contribution in [3.63, 3.8) is 0 Å². The third kappa shape index (κ3) is 6.49. The molecule has 0 radical (unpaired) electrons. The summed E-state index contributed by atoms with van der Waals surface area (Å²) in [4.78, 5) is 54.7. The lowest BCUT2D eigenvalue weighted by Crippen LogP contribution is -2.57. The molecule has 44 heavy (non-hydrogen) atoms. The number of hydrogen-bond donors (Lipinski definition) is 1. The number of ether oxygens (including phenoxy) is 3. The molecule has 1 saturated carbocycles. The van der Waals surface area contributed by atoms with E-state index in [1.807, 2.05) is 27.7 Å².